The first-order valence-electron chi connectivity index (χ1n) is 11.4. The first-order chi connectivity index (χ1) is 16.2. The van der Waals surface area contributed by atoms with Gasteiger partial charge in [-0.2, -0.15) is 0 Å². The van der Waals surface area contributed by atoms with Crippen LogP contribution in [0, 0.1) is 0 Å². The minimum atomic E-state index is -0.124. The molecule has 0 bridgehead atoms. The van der Waals surface area contributed by atoms with Crippen LogP contribution in [0.3, 0.4) is 0 Å². The third kappa shape index (κ3) is 6.13. The number of nitrogens with one attached hydrogen (secondary N) is 1. The summed E-state index contributed by atoms with van der Waals surface area (Å²) in [7, 11) is 0. The molecule has 0 aliphatic carbocycles. The summed E-state index contributed by atoms with van der Waals surface area (Å²) < 4.78 is 5.64. The summed E-state index contributed by atoms with van der Waals surface area (Å²) in [5.41, 5.74) is 2.26. The lowest BCUT2D eigenvalue weighted by atomic mass is 10.1. The van der Waals surface area contributed by atoms with Crippen LogP contribution in [0.4, 0.5) is 11.4 Å². The average Bonchev–Trinajstić information content (AvgIpc) is 2.88. The number of hydrogen-bond donors (Lipinski definition) is 1. The largest absolute Gasteiger partial charge is 0.494 e. The van der Waals surface area contributed by atoms with Crippen LogP contribution in [0.2, 0.25) is 0 Å². The maximum absolute atomic E-state index is 13.2. The van der Waals surface area contributed by atoms with Crippen LogP contribution in [-0.2, 0) is 4.79 Å². The molecule has 0 atom stereocenters. The van der Waals surface area contributed by atoms with Crippen LogP contribution in [0.5, 0.6) is 5.75 Å². The second-order valence-electron chi connectivity index (χ2n) is 7.97. The number of anilines is 2. The van der Waals surface area contributed by atoms with Crippen molar-refractivity contribution in [2.75, 3.05) is 43.0 Å². The summed E-state index contributed by atoms with van der Waals surface area (Å²) in [6.07, 6.45) is 0.920. The zero-order valence-corrected chi connectivity index (χ0v) is 18.7. The summed E-state index contributed by atoms with van der Waals surface area (Å²) in [6, 6.07) is 27.0. The predicted octanol–water partition coefficient (Wildman–Crippen LogP) is 4.45. The highest BCUT2D eigenvalue weighted by molar-refractivity contribution is 6.03. The molecule has 6 nitrogen and oxygen atoms in total. The summed E-state index contributed by atoms with van der Waals surface area (Å²) in [6.45, 7) is 3.32. The van der Waals surface area contributed by atoms with E-state index in [-0.39, 0.29) is 11.8 Å². The predicted molar refractivity (Wildman–Crippen MR) is 131 cm³/mol. The normalized spacial score (nSPS) is 13.5. The molecule has 0 aromatic heterocycles. The van der Waals surface area contributed by atoms with Crippen molar-refractivity contribution >= 4 is 23.2 Å². The molecule has 2 amide bonds. The number of rotatable bonds is 8. The van der Waals surface area contributed by atoms with Gasteiger partial charge in [0.25, 0.3) is 5.91 Å². The van der Waals surface area contributed by atoms with Crippen molar-refractivity contribution in [2.45, 2.75) is 12.8 Å². The van der Waals surface area contributed by atoms with Gasteiger partial charge in [0, 0.05) is 38.3 Å². The molecule has 4 rings (SSSR count). The molecule has 0 unspecified atom stereocenters. The number of nitrogens with zero attached hydrogens (tertiary/aromatic N) is 2. The van der Waals surface area contributed by atoms with E-state index in [1.165, 1.54) is 5.69 Å². The summed E-state index contributed by atoms with van der Waals surface area (Å²) >= 11 is 0. The number of carbonyl (C=O) groups is 2. The van der Waals surface area contributed by atoms with Gasteiger partial charge in [-0.15, -0.1) is 0 Å². The van der Waals surface area contributed by atoms with Crippen molar-refractivity contribution in [2.24, 2.45) is 0 Å². The van der Waals surface area contributed by atoms with Crippen LogP contribution in [0.15, 0.2) is 84.9 Å². The van der Waals surface area contributed by atoms with Crippen molar-refractivity contribution in [3.05, 3.63) is 90.5 Å². The molecule has 1 fully saturated rings. The zero-order chi connectivity index (χ0) is 22.9. The van der Waals surface area contributed by atoms with Gasteiger partial charge in [0.2, 0.25) is 5.91 Å². The van der Waals surface area contributed by atoms with Crippen LogP contribution >= 0.6 is 0 Å². The second-order valence-corrected chi connectivity index (χ2v) is 7.97. The van der Waals surface area contributed by atoms with Crippen molar-refractivity contribution in [1.29, 1.82) is 0 Å². The minimum Gasteiger partial charge on any atom is -0.494 e. The van der Waals surface area contributed by atoms with Gasteiger partial charge in [-0.25, -0.2) is 0 Å². The van der Waals surface area contributed by atoms with E-state index in [2.05, 4.69) is 22.3 Å². The lowest BCUT2D eigenvalue weighted by Crippen LogP contribution is -2.48. The maximum Gasteiger partial charge on any atom is 0.256 e. The Balaban J connectivity index is 1.28. The van der Waals surface area contributed by atoms with Crippen molar-refractivity contribution < 1.29 is 14.3 Å². The fraction of sp³-hybridized carbons (Fsp3) is 0.259. The molecule has 0 radical (unpaired) electrons. The molecule has 0 spiro atoms. The first-order valence-corrected chi connectivity index (χ1v) is 11.4. The number of para-hydroxylation sites is 3. The monoisotopic (exact) mass is 443 g/mol. The molecule has 1 aliphatic rings. The molecule has 6 heteroatoms. The van der Waals surface area contributed by atoms with Crippen LogP contribution < -0.4 is 15.0 Å². The number of piperazine rings is 1. The molecule has 3 aromatic rings. The average molecular weight is 444 g/mol. The minimum absolute atomic E-state index is 0.0500. The molecule has 170 valence electrons. The van der Waals surface area contributed by atoms with E-state index >= 15 is 0 Å². The topological polar surface area (TPSA) is 61.9 Å². The Bertz CT molecular complexity index is 1050. The Kier molecular flexibility index (Phi) is 7.59. The summed E-state index contributed by atoms with van der Waals surface area (Å²) in [5.74, 6) is 0.619. The fourth-order valence-electron chi connectivity index (χ4n) is 3.91. The van der Waals surface area contributed by atoms with E-state index < -0.39 is 0 Å². The first kappa shape index (κ1) is 22.4. The molecule has 1 heterocycles. The Morgan fingerprint density at radius 3 is 2.15 bits per heavy atom. The van der Waals surface area contributed by atoms with Gasteiger partial charge in [0.1, 0.15) is 5.75 Å². The quantitative estimate of drug-likeness (QED) is 0.523. The van der Waals surface area contributed by atoms with Crippen molar-refractivity contribution in [3.63, 3.8) is 0 Å². The molecule has 33 heavy (non-hydrogen) atoms. The number of hydrogen-bond acceptors (Lipinski definition) is 4. The van der Waals surface area contributed by atoms with Gasteiger partial charge in [0.15, 0.2) is 0 Å². The number of amides is 2. The fourth-order valence-corrected chi connectivity index (χ4v) is 3.91. The molecule has 1 saturated heterocycles. The lowest BCUT2D eigenvalue weighted by molar-refractivity contribution is -0.116. The number of ether oxygens (including phenoxy) is 1. The van der Waals surface area contributed by atoms with E-state index in [4.69, 9.17) is 4.74 Å². The molecule has 1 N–H and O–H groups in total. The van der Waals surface area contributed by atoms with E-state index in [0.717, 1.165) is 18.8 Å². The highest BCUT2D eigenvalue weighted by atomic mass is 16.5. The number of benzene rings is 3. The van der Waals surface area contributed by atoms with Crippen molar-refractivity contribution in [1.82, 2.24) is 4.90 Å². The summed E-state index contributed by atoms with van der Waals surface area (Å²) in [4.78, 5) is 29.8. The molecule has 3 aromatic carbocycles. The third-order valence-electron chi connectivity index (χ3n) is 5.68. The van der Waals surface area contributed by atoms with Gasteiger partial charge in [0.05, 0.1) is 17.9 Å². The standard InChI is InChI=1S/C27H29N3O3/c31-26(16-9-21-33-23-12-5-2-6-13-23)28-25-15-8-7-14-24(25)27(32)30-19-17-29(18-20-30)22-10-3-1-4-11-22/h1-8,10-15H,9,16-21H2,(H,28,31). The Morgan fingerprint density at radius 2 is 1.42 bits per heavy atom. The van der Waals surface area contributed by atoms with Crippen molar-refractivity contribution in [3.8, 4) is 5.75 Å². The second kappa shape index (κ2) is 11.2. The van der Waals surface area contributed by atoms with Gasteiger partial charge in [-0.3, -0.25) is 9.59 Å². The molecular weight excluding hydrogens is 414 g/mol. The van der Waals surface area contributed by atoms with Crippen LogP contribution in [0.1, 0.15) is 23.2 Å². The SMILES string of the molecule is O=C(CCCOc1ccccc1)Nc1ccccc1C(=O)N1CCN(c2ccccc2)CC1. The van der Waals surface area contributed by atoms with Gasteiger partial charge >= 0.3 is 0 Å². The molecular formula is C27H29N3O3. The van der Waals surface area contributed by atoms with Gasteiger partial charge < -0.3 is 19.9 Å². The Labute approximate surface area is 194 Å². The van der Waals surface area contributed by atoms with Crippen LogP contribution in [-0.4, -0.2) is 49.5 Å². The summed E-state index contributed by atoms with van der Waals surface area (Å²) in [5, 5.41) is 2.91. The van der Waals surface area contributed by atoms with Gasteiger partial charge in [-0.05, 0) is 42.8 Å². The van der Waals surface area contributed by atoms with Gasteiger partial charge in [-0.1, -0.05) is 48.5 Å². The van der Waals surface area contributed by atoms with E-state index in [0.29, 0.717) is 43.8 Å². The maximum atomic E-state index is 13.2. The van der Waals surface area contributed by atoms with E-state index in [1.54, 1.807) is 12.1 Å². The van der Waals surface area contributed by atoms with Crippen LogP contribution in [0.25, 0.3) is 0 Å². The number of carbonyl (C=O) groups excluding carboxylic acids is 2. The Morgan fingerprint density at radius 1 is 0.788 bits per heavy atom. The third-order valence-corrected chi connectivity index (χ3v) is 5.68. The Hall–Kier alpha value is -3.80. The highest BCUT2D eigenvalue weighted by Crippen LogP contribution is 2.21. The van der Waals surface area contributed by atoms with E-state index in [9.17, 15) is 9.59 Å². The molecule has 0 saturated carbocycles. The van der Waals surface area contributed by atoms with E-state index in [1.807, 2.05) is 65.6 Å². The zero-order valence-electron chi connectivity index (χ0n) is 18.7. The smallest absolute Gasteiger partial charge is 0.256 e. The lowest BCUT2D eigenvalue weighted by Gasteiger charge is -2.36. The molecule has 1 aliphatic heterocycles. The highest BCUT2D eigenvalue weighted by Gasteiger charge is 2.24.